The first-order valence-corrected chi connectivity index (χ1v) is 11.3. The third-order valence-electron chi connectivity index (χ3n) is 6.67. The number of benzene rings is 3. The lowest BCUT2D eigenvalue weighted by atomic mass is 10.0. The minimum absolute atomic E-state index is 0.0333. The van der Waals surface area contributed by atoms with Crippen molar-refractivity contribution in [3.05, 3.63) is 108 Å². The van der Waals surface area contributed by atoms with Crippen LogP contribution in [-0.2, 0) is 16.0 Å². The summed E-state index contributed by atoms with van der Waals surface area (Å²) in [7, 11) is 0. The van der Waals surface area contributed by atoms with Crippen molar-refractivity contribution < 1.29 is 19.1 Å². The molecule has 0 N–H and O–H groups in total. The normalized spacial score (nSPS) is 23.8. The van der Waals surface area contributed by atoms with Crippen LogP contribution < -0.4 is 0 Å². The van der Waals surface area contributed by atoms with Crippen molar-refractivity contribution >= 4 is 17.8 Å². The lowest BCUT2D eigenvalue weighted by molar-refractivity contribution is -0.129. The van der Waals surface area contributed by atoms with E-state index in [9.17, 15) is 14.4 Å². The van der Waals surface area contributed by atoms with E-state index >= 15 is 0 Å². The summed E-state index contributed by atoms with van der Waals surface area (Å²) in [5.74, 6) is -0.669. The molecule has 0 radical (unpaired) electrons. The highest BCUT2D eigenvalue weighted by molar-refractivity contribution is 6.02. The van der Waals surface area contributed by atoms with E-state index in [1.807, 2.05) is 91.0 Å². The maximum absolute atomic E-state index is 13.3. The fourth-order valence-electron chi connectivity index (χ4n) is 5.01. The highest BCUT2D eigenvalue weighted by atomic mass is 16.6. The number of carbonyl (C=O) groups is 3. The van der Waals surface area contributed by atoms with Gasteiger partial charge in [-0.15, -0.1) is 0 Å². The number of hydrogen-bond acceptors (Lipinski definition) is 4. The number of rotatable bonds is 7. The van der Waals surface area contributed by atoms with Gasteiger partial charge < -0.3 is 4.74 Å². The Labute approximate surface area is 193 Å². The molecule has 2 amide bonds. The topological polar surface area (TPSA) is 63.7 Å². The number of Topliss-reactive ketones (excluding diaryl/α,β-unsaturated/α-hetero) is 1. The summed E-state index contributed by atoms with van der Waals surface area (Å²) < 4.78 is 5.23. The molecule has 2 aliphatic rings. The van der Waals surface area contributed by atoms with Gasteiger partial charge in [-0.1, -0.05) is 91.0 Å². The average Bonchev–Trinajstić information content (AvgIpc) is 3.44. The molecule has 0 unspecified atom stereocenters. The molecule has 1 aliphatic carbocycles. The first-order valence-electron chi connectivity index (χ1n) is 11.3. The third-order valence-corrected chi connectivity index (χ3v) is 6.67. The van der Waals surface area contributed by atoms with E-state index in [0.29, 0.717) is 12.0 Å². The average molecular weight is 440 g/mol. The molecule has 5 nitrogen and oxygen atoms in total. The lowest BCUT2D eigenvalue weighted by Crippen LogP contribution is -2.40. The lowest BCUT2D eigenvalue weighted by Gasteiger charge is -2.19. The first-order chi connectivity index (χ1) is 16.1. The Kier molecular flexibility index (Phi) is 5.78. The molecular weight excluding hydrogens is 414 g/mol. The maximum atomic E-state index is 13.3. The summed E-state index contributed by atoms with van der Waals surface area (Å²) in [5.41, 5.74) is 2.75. The van der Waals surface area contributed by atoms with Crippen LogP contribution in [-0.4, -0.2) is 35.3 Å². The largest absolute Gasteiger partial charge is 0.447 e. The van der Waals surface area contributed by atoms with Crippen LogP contribution in [0.4, 0.5) is 4.79 Å². The van der Waals surface area contributed by atoms with Gasteiger partial charge in [-0.3, -0.25) is 9.59 Å². The zero-order valence-corrected chi connectivity index (χ0v) is 18.2. The molecule has 166 valence electrons. The predicted octanol–water partition coefficient (Wildman–Crippen LogP) is 4.88. The number of amides is 2. The summed E-state index contributed by atoms with van der Waals surface area (Å²) in [6.07, 6.45) is 0.101. The highest BCUT2D eigenvalue weighted by Gasteiger charge is 2.56. The second-order valence-electron chi connectivity index (χ2n) is 8.74. The Morgan fingerprint density at radius 3 is 2.12 bits per heavy atom. The molecule has 3 aromatic rings. The molecule has 5 rings (SSSR count). The van der Waals surface area contributed by atoms with Crippen molar-refractivity contribution in [3.63, 3.8) is 0 Å². The van der Waals surface area contributed by atoms with Crippen LogP contribution in [0.3, 0.4) is 0 Å². The number of imide groups is 1. The molecule has 0 spiro atoms. The van der Waals surface area contributed by atoms with Crippen LogP contribution in [0.15, 0.2) is 91.0 Å². The number of ether oxygens (including phenoxy) is 1. The first kappa shape index (κ1) is 21.1. The molecule has 1 heterocycles. The molecular formula is C28H25NO4. The standard InChI is InChI=1S/C28H25NO4/c30-24(29-22(18-33-28(29)32)16-19-10-4-1-5-11-19)17-23-25(20-12-6-2-7-13-20)26(23)27(31)21-14-8-3-9-15-21/h1-15,22-23,25-26H,16-18H2/t22-,23+,25-,26-/m0/s1. The van der Waals surface area contributed by atoms with E-state index in [4.69, 9.17) is 4.74 Å². The van der Waals surface area contributed by atoms with Crippen molar-refractivity contribution in [2.45, 2.75) is 24.8 Å². The molecule has 0 aromatic heterocycles. The highest BCUT2D eigenvalue weighted by Crippen LogP contribution is 2.57. The Morgan fingerprint density at radius 1 is 0.848 bits per heavy atom. The molecule has 1 aliphatic heterocycles. The summed E-state index contributed by atoms with van der Waals surface area (Å²) in [5, 5.41) is 0. The van der Waals surface area contributed by atoms with E-state index in [1.54, 1.807) is 0 Å². The summed E-state index contributed by atoms with van der Waals surface area (Å²) in [6.45, 7) is 0.193. The van der Waals surface area contributed by atoms with Gasteiger partial charge in [0.1, 0.15) is 6.61 Å². The monoisotopic (exact) mass is 439 g/mol. The van der Waals surface area contributed by atoms with Gasteiger partial charge >= 0.3 is 6.09 Å². The smallest absolute Gasteiger partial charge is 0.416 e. The van der Waals surface area contributed by atoms with Crippen LogP contribution in [0.2, 0.25) is 0 Å². The second kappa shape index (κ2) is 9.02. The van der Waals surface area contributed by atoms with Crippen LogP contribution in [0.5, 0.6) is 0 Å². The number of cyclic esters (lactones) is 1. The van der Waals surface area contributed by atoms with Crippen LogP contribution in [0.1, 0.15) is 33.8 Å². The number of hydrogen-bond donors (Lipinski definition) is 0. The third kappa shape index (κ3) is 4.31. The Bertz CT molecular complexity index is 1150. The SMILES string of the molecule is O=C(c1ccccc1)[C@H]1[C@H](CC(=O)N2C(=O)OC[C@@H]2Cc2ccccc2)[C@@H]1c1ccccc1. The van der Waals surface area contributed by atoms with Crippen LogP contribution in [0.25, 0.3) is 0 Å². The predicted molar refractivity (Wildman–Crippen MR) is 124 cm³/mol. The molecule has 3 aromatic carbocycles. The fraction of sp³-hybridized carbons (Fsp3) is 0.250. The van der Waals surface area contributed by atoms with Gasteiger partial charge in [-0.2, -0.15) is 0 Å². The molecule has 0 bridgehead atoms. The fourth-order valence-corrected chi connectivity index (χ4v) is 5.01. The molecule has 4 atom stereocenters. The Hall–Kier alpha value is -3.73. The minimum atomic E-state index is -0.594. The van der Waals surface area contributed by atoms with Gasteiger partial charge in [0.2, 0.25) is 5.91 Å². The molecule has 5 heteroatoms. The zero-order valence-electron chi connectivity index (χ0n) is 18.2. The zero-order chi connectivity index (χ0) is 22.8. The van der Waals surface area contributed by atoms with E-state index < -0.39 is 6.09 Å². The minimum Gasteiger partial charge on any atom is -0.447 e. The van der Waals surface area contributed by atoms with Crippen molar-refractivity contribution in [1.29, 1.82) is 0 Å². The quantitative estimate of drug-likeness (QED) is 0.492. The van der Waals surface area contributed by atoms with Gasteiger partial charge in [-0.05, 0) is 29.4 Å². The van der Waals surface area contributed by atoms with E-state index in [0.717, 1.165) is 11.1 Å². The molecule has 1 saturated carbocycles. The van der Waals surface area contributed by atoms with Gasteiger partial charge in [0.25, 0.3) is 0 Å². The Balaban J connectivity index is 1.35. The van der Waals surface area contributed by atoms with Gasteiger partial charge in [0, 0.05) is 17.9 Å². The van der Waals surface area contributed by atoms with Gasteiger partial charge in [0.15, 0.2) is 5.78 Å². The van der Waals surface area contributed by atoms with E-state index in [-0.39, 0.29) is 48.5 Å². The van der Waals surface area contributed by atoms with Gasteiger partial charge in [-0.25, -0.2) is 9.69 Å². The van der Waals surface area contributed by atoms with Crippen molar-refractivity contribution in [2.75, 3.05) is 6.61 Å². The number of carbonyl (C=O) groups excluding carboxylic acids is 3. The van der Waals surface area contributed by atoms with Gasteiger partial charge in [0.05, 0.1) is 6.04 Å². The molecule has 33 heavy (non-hydrogen) atoms. The van der Waals surface area contributed by atoms with E-state index in [2.05, 4.69) is 0 Å². The van der Waals surface area contributed by atoms with Crippen LogP contribution in [0, 0.1) is 11.8 Å². The molecule has 2 fully saturated rings. The van der Waals surface area contributed by atoms with E-state index in [1.165, 1.54) is 4.90 Å². The van der Waals surface area contributed by atoms with Crippen molar-refractivity contribution in [3.8, 4) is 0 Å². The number of nitrogens with zero attached hydrogens (tertiary/aromatic N) is 1. The molecule has 1 saturated heterocycles. The summed E-state index contributed by atoms with van der Waals surface area (Å²) in [4.78, 5) is 40.2. The van der Waals surface area contributed by atoms with Crippen molar-refractivity contribution in [1.82, 2.24) is 4.90 Å². The Morgan fingerprint density at radius 2 is 1.45 bits per heavy atom. The summed E-state index contributed by atoms with van der Waals surface area (Å²) >= 11 is 0. The second-order valence-corrected chi connectivity index (χ2v) is 8.74. The van der Waals surface area contributed by atoms with Crippen LogP contribution >= 0.6 is 0 Å². The number of ketones is 1. The van der Waals surface area contributed by atoms with Crippen molar-refractivity contribution in [2.24, 2.45) is 11.8 Å². The maximum Gasteiger partial charge on any atom is 0.416 e. The summed E-state index contributed by atoms with van der Waals surface area (Å²) in [6, 6.07) is 28.5.